The molecule has 0 saturated heterocycles. The first-order valence-corrected chi connectivity index (χ1v) is 6.53. The van der Waals surface area contributed by atoms with Crippen LogP contribution in [0.15, 0.2) is 61.2 Å². The van der Waals surface area contributed by atoms with Crippen LogP contribution in [-0.4, -0.2) is 20.7 Å². The highest BCUT2D eigenvalue weighted by Gasteiger charge is 2.06. The first-order valence-electron chi connectivity index (χ1n) is 6.53. The third kappa shape index (κ3) is 2.83. The lowest BCUT2D eigenvalue weighted by atomic mass is 10.1. The molecule has 0 fully saturated rings. The molecule has 106 valence electrons. The minimum atomic E-state index is -0.208. The molecule has 0 bridgehead atoms. The zero-order chi connectivity index (χ0) is 15.4. The second-order valence-electron chi connectivity index (χ2n) is 4.56. The number of hydrogen-bond acceptors (Lipinski definition) is 4. The van der Waals surface area contributed by atoms with E-state index in [1.807, 2.05) is 18.2 Å². The van der Waals surface area contributed by atoms with Gasteiger partial charge < -0.3 is 5.32 Å². The third-order valence-corrected chi connectivity index (χ3v) is 3.12. The van der Waals surface area contributed by atoms with Gasteiger partial charge in [-0.25, -0.2) is 0 Å². The standard InChI is InChI=1S/C16H11N5O/c17-9-12-1-5-14(6-2-12)20-16(22)13-3-7-15(8-4-13)21-10-18-19-11-21/h1-8,10-11H,(H,20,22). The monoisotopic (exact) mass is 289 g/mol. The van der Waals surface area contributed by atoms with Gasteiger partial charge in [0.25, 0.3) is 5.91 Å². The summed E-state index contributed by atoms with van der Waals surface area (Å²) in [6, 6.07) is 15.8. The van der Waals surface area contributed by atoms with Crippen LogP contribution < -0.4 is 5.32 Å². The number of nitrogens with zero attached hydrogens (tertiary/aromatic N) is 4. The Balaban J connectivity index is 1.73. The predicted octanol–water partition coefficient (Wildman–Crippen LogP) is 2.39. The molecule has 0 unspecified atom stereocenters. The highest BCUT2D eigenvalue weighted by molar-refractivity contribution is 6.04. The molecule has 6 nitrogen and oxygen atoms in total. The minimum absolute atomic E-state index is 0.208. The molecule has 1 heterocycles. The number of anilines is 1. The Bertz CT molecular complexity index is 814. The molecule has 6 heteroatoms. The fourth-order valence-corrected chi connectivity index (χ4v) is 1.95. The second kappa shape index (κ2) is 5.89. The van der Waals surface area contributed by atoms with Gasteiger partial charge in [-0.1, -0.05) is 0 Å². The van der Waals surface area contributed by atoms with Gasteiger partial charge in [0.15, 0.2) is 0 Å². The SMILES string of the molecule is N#Cc1ccc(NC(=O)c2ccc(-n3cnnc3)cc2)cc1. The molecule has 3 aromatic rings. The van der Waals surface area contributed by atoms with Gasteiger partial charge in [-0.3, -0.25) is 9.36 Å². The summed E-state index contributed by atoms with van der Waals surface area (Å²) in [7, 11) is 0. The average Bonchev–Trinajstić information content (AvgIpc) is 3.10. The second-order valence-corrected chi connectivity index (χ2v) is 4.56. The van der Waals surface area contributed by atoms with Crippen LogP contribution in [0.3, 0.4) is 0 Å². The zero-order valence-corrected chi connectivity index (χ0v) is 11.5. The zero-order valence-electron chi connectivity index (χ0n) is 11.5. The van der Waals surface area contributed by atoms with Gasteiger partial charge in [0, 0.05) is 16.9 Å². The van der Waals surface area contributed by atoms with Crippen LogP contribution in [0.25, 0.3) is 5.69 Å². The van der Waals surface area contributed by atoms with Crippen molar-refractivity contribution in [3.63, 3.8) is 0 Å². The van der Waals surface area contributed by atoms with E-state index in [-0.39, 0.29) is 5.91 Å². The Morgan fingerprint density at radius 3 is 2.23 bits per heavy atom. The maximum atomic E-state index is 12.2. The Hall–Kier alpha value is -3.46. The number of benzene rings is 2. The van der Waals surface area contributed by atoms with Gasteiger partial charge in [0.2, 0.25) is 0 Å². The molecule has 0 aliphatic rings. The summed E-state index contributed by atoms with van der Waals surface area (Å²) >= 11 is 0. The maximum absolute atomic E-state index is 12.2. The smallest absolute Gasteiger partial charge is 0.255 e. The topological polar surface area (TPSA) is 83.6 Å². The molecule has 3 rings (SSSR count). The van der Waals surface area contributed by atoms with Gasteiger partial charge in [-0.15, -0.1) is 10.2 Å². The Labute approximate surface area is 126 Å². The maximum Gasteiger partial charge on any atom is 0.255 e. The summed E-state index contributed by atoms with van der Waals surface area (Å²) in [4.78, 5) is 12.2. The molecule has 0 spiro atoms. The van der Waals surface area contributed by atoms with Gasteiger partial charge in [-0.05, 0) is 48.5 Å². The van der Waals surface area contributed by atoms with Crippen LogP contribution in [0.2, 0.25) is 0 Å². The van der Waals surface area contributed by atoms with Gasteiger partial charge in [0.1, 0.15) is 12.7 Å². The van der Waals surface area contributed by atoms with Crippen LogP contribution in [0.4, 0.5) is 5.69 Å². The largest absolute Gasteiger partial charge is 0.322 e. The van der Waals surface area contributed by atoms with Crippen molar-refractivity contribution in [3.05, 3.63) is 72.3 Å². The van der Waals surface area contributed by atoms with Crippen LogP contribution in [0.5, 0.6) is 0 Å². The first-order chi connectivity index (χ1) is 10.8. The number of hydrogen-bond donors (Lipinski definition) is 1. The van der Waals surface area contributed by atoms with Crippen molar-refractivity contribution < 1.29 is 4.79 Å². The first kappa shape index (κ1) is 13.5. The fourth-order valence-electron chi connectivity index (χ4n) is 1.95. The van der Waals surface area contributed by atoms with E-state index in [9.17, 15) is 4.79 Å². The van der Waals surface area contributed by atoms with E-state index in [1.165, 1.54) is 0 Å². The van der Waals surface area contributed by atoms with Gasteiger partial charge in [-0.2, -0.15) is 5.26 Å². The number of rotatable bonds is 3. The molecule has 2 aromatic carbocycles. The van der Waals surface area contributed by atoms with Crippen LogP contribution >= 0.6 is 0 Å². The Morgan fingerprint density at radius 1 is 1.00 bits per heavy atom. The van der Waals surface area contributed by atoms with Crippen molar-refractivity contribution in [1.82, 2.24) is 14.8 Å². The van der Waals surface area contributed by atoms with E-state index in [4.69, 9.17) is 5.26 Å². The molecule has 0 saturated carbocycles. The highest BCUT2D eigenvalue weighted by Crippen LogP contribution is 2.13. The molecule has 0 aliphatic carbocycles. The summed E-state index contributed by atoms with van der Waals surface area (Å²) in [5.41, 5.74) is 2.62. The van der Waals surface area contributed by atoms with E-state index >= 15 is 0 Å². The summed E-state index contributed by atoms with van der Waals surface area (Å²) in [5.74, 6) is -0.208. The van der Waals surface area contributed by atoms with E-state index in [0.717, 1.165) is 5.69 Å². The Kier molecular flexibility index (Phi) is 3.62. The van der Waals surface area contributed by atoms with Crippen molar-refractivity contribution in [1.29, 1.82) is 5.26 Å². The minimum Gasteiger partial charge on any atom is -0.322 e. The lowest BCUT2D eigenvalue weighted by Gasteiger charge is -2.06. The fraction of sp³-hybridized carbons (Fsp3) is 0. The van der Waals surface area contributed by atoms with E-state index in [2.05, 4.69) is 15.5 Å². The van der Waals surface area contributed by atoms with Crippen molar-refractivity contribution in [3.8, 4) is 11.8 Å². The summed E-state index contributed by atoms with van der Waals surface area (Å²) in [6.45, 7) is 0. The van der Waals surface area contributed by atoms with Crippen molar-refractivity contribution in [2.75, 3.05) is 5.32 Å². The number of amides is 1. The summed E-state index contributed by atoms with van der Waals surface area (Å²) < 4.78 is 1.75. The Morgan fingerprint density at radius 2 is 1.64 bits per heavy atom. The third-order valence-electron chi connectivity index (χ3n) is 3.12. The number of nitrogens with one attached hydrogen (secondary N) is 1. The molecule has 0 aliphatic heterocycles. The average molecular weight is 289 g/mol. The molecule has 1 aromatic heterocycles. The predicted molar refractivity (Wildman–Crippen MR) is 80.5 cm³/mol. The van der Waals surface area contributed by atoms with E-state index in [1.54, 1.807) is 53.6 Å². The molecule has 0 atom stereocenters. The normalized spacial score (nSPS) is 9.95. The van der Waals surface area contributed by atoms with Gasteiger partial charge in [0.05, 0.1) is 11.6 Å². The molecule has 1 N–H and O–H groups in total. The van der Waals surface area contributed by atoms with Crippen LogP contribution in [0.1, 0.15) is 15.9 Å². The number of nitriles is 1. The number of carbonyl (C=O) groups excluding carboxylic acids is 1. The highest BCUT2D eigenvalue weighted by atomic mass is 16.1. The number of aromatic nitrogens is 3. The summed E-state index contributed by atoms with van der Waals surface area (Å²) in [6.07, 6.45) is 3.18. The quantitative estimate of drug-likeness (QED) is 0.802. The van der Waals surface area contributed by atoms with E-state index < -0.39 is 0 Å². The molecule has 22 heavy (non-hydrogen) atoms. The number of carbonyl (C=O) groups is 1. The lowest BCUT2D eigenvalue weighted by molar-refractivity contribution is 0.102. The molecular weight excluding hydrogens is 278 g/mol. The van der Waals surface area contributed by atoms with Crippen LogP contribution in [-0.2, 0) is 0 Å². The van der Waals surface area contributed by atoms with Gasteiger partial charge >= 0.3 is 0 Å². The lowest BCUT2D eigenvalue weighted by Crippen LogP contribution is -2.11. The molecule has 0 radical (unpaired) electrons. The summed E-state index contributed by atoms with van der Waals surface area (Å²) in [5, 5.41) is 19.0. The molecular formula is C16H11N5O. The van der Waals surface area contributed by atoms with E-state index in [0.29, 0.717) is 16.8 Å². The van der Waals surface area contributed by atoms with Crippen molar-refractivity contribution >= 4 is 11.6 Å². The van der Waals surface area contributed by atoms with Crippen LogP contribution in [0, 0.1) is 11.3 Å². The van der Waals surface area contributed by atoms with Crippen molar-refractivity contribution in [2.45, 2.75) is 0 Å². The van der Waals surface area contributed by atoms with Crippen molar-refractivity contribution in [2.24, 2.45) is 0 Å². The molecule has 1 amide bonds.